The Hall–Kier alpha value is -1.30. The van der Waals surface area contributed by atoms with Gasteiger partial charge in [0.05, 0.1) is 23.8 Å². The summed E-state index contributed by atoms with van der Waals surface area (Å²) in [6, 6.07) is 4.46. The third-order valence-electron chi connectivity index (χ3n) is 2.08. The lowest BCUT2D eigenvalue weighted by atomic mass is 10.2. The van der Waals surface area contributed by atoms with Crippen LogP contribution in [0.4, 0.5) is 0 Å². The molecule has 2 N–H and O–H groups in total. The van der Waals surface area contributed by atoms with Crippen LogP contribution in [0.3, 0.4) is 0 Å². The first-order valence-corrected chi connectivity index (χ1v) is 5.84. The first-order chi connectivity index (χ1) is 8.58. The third-order valence-corrected chi connectivity index (χ3v) is 2.38. The molecule has 1 rings (SSSR count). The molecule has 1 aromatic carbocycles. The zero-order valence-corrected chi connectivity index (χ0v) is 10.7. The number of carbonyl (C=O) groups is 1. The summed E-state index contributed by atoms with van der Waals surface area (Å²) in [5.41, 5.74) is 0.330. The van der Waals surface area contributed by atoms with Crippen LogP contribution in [0, 0.1) is 0 Å². The van der Waals surface area contributed by atoms with Crippen LogP contribution in [0.1, 0.15) is 17.3 Å². The maximum Gasteiger partial charge on any atom is 0.338 e. The molecule has 0 aliphatic rings. The van der Waals surface area contributed by atoms with Crippen LogP contribution in [-0.2, 0) is 4.74 Å². The van der Waals surface area contributed by atoms with Gasteiger partial charge in [0.1, 0.15) is 18.5 Å². The molecular weight excluding hydrogens is 260 g/mol. The maximum atomic E-state index is 11.4. The Morgan fingerprint density at radius 1 is 1.50 bits per heavy atom. The Morgan fingerprint density at radius 3 is 2.78 bits per heavy atom. The Kier molecular flexibility index (Phi) is 5.91. The van der Waals surface area contributed by atoms with Gasteiger partial charge in [0, 0.05) is 0 Å². The van der Waals surface area contributed by atoms with Gasteiger partial charge in [-0.1, -0.05) is 11.6 Å². The van der Waals surface area contributed by atoms with E-state index in [2.05, 4.69) is 0 Å². The van der Waals surface area contributed by atoms with Gasteiger partial charge >= 0.3 is 5.97 Å². The molecule has 6 heteroatoms. The topological polar surface area (TPSA) is 76.0 Å². The molecule has 0 spiro atoms. The first kappa shape index (κ1) is 14.8. The highest BCUT2D eigenvalue weighted by molar-refractivity contribution is 6.32. The fourth-order valence-corrected chi connectivity index (χ4v) is 1.43. The predicted molar refractivity (Wildman–Crippen MR) is 66.0 cm³/mol. The van der Waals surface area contributed by atoms with Crippen molar-refractivity contribution in [2.45, 2.75) is 13.0 Å². The molecule has 0 saturated carbocycles. The van der Waals surface area contributed by atoms with Gasteiger partial charge in [-0.15, -0.1) is 0 Å². The van der Waals surface area contributed by atoms with Crippen molar-refractivity contribution in [3.63, 3.8) is 0 Å². The number of ether oxygens (including phenoxy) is 2. The summed E-state index contributed by atoms with van der Waals surface area (Å²) in [5.74, 6) is -0.126. The van der Waals surface area contributed by atoms with Crippen LogP contribution in [-0.4, -0.2) is 42.1 Å². The lowest BCUT2D eigenvalue weighted by Gasteiger charge is -2.11. The zero-order chi connectivity index (χ0) is 13.5. The van der Waals surface area contributed by atoms with Gasteiger partial charge < -0.3 is 19.7 Å². The summed E-state index contributed by atoms with van der Waals surface area (Å²) in [5, 5.41) is 18.0. The summed E-state index contributed by atoms with van der Waals surface area (Å²) < 4.78 is 10.0. The third kappa shape index (κ3) is 4.18. The van der Waals surface area contributed by atoms with Crippen LogP contribution in [0.5, 0.6) is 5.75 Å². The quantitative estimate of drug-likeness (QED) is 0.764. The molecule has 0 bridgehead atoms. The number of rotatable bonds is 6. The molecule has 0 heterocycles. The molecule has 0 unspecified atom stereocenters. The minimum absolute atomic E-state index is 0.0744. The number of aliphatic hydroxyl groups excluding tert-OH is 2. The minimum Gasteiger partial charge on any atom is -0.489 e. The van der Waals surface area contributed by atoms with Crippen molar-refractivity contribution in [1.82, 2.24) is 0 Å². The van der Waals surface area contributed by atoms with Crippen molar-refractivity contribution in [2.75, 3.05) is 19.8 Å². The lowest BCUT2D eigenvalue weighted by Crippen LogP contribution is -2.21. The van der Waals surface area contributed by atoms with Crippen molar-refractivity contribution < 1.29 is 24.5 Å². The number of hydrogen-bond acceptors (Lipinski definition) is 5. The van der Waals surface area contributed by atoms with Gasteiger partial charge in [0.15, 0.2) is 0 Å². The van der Waals surface area contributed by atoms with Crippen LogP contribution in [0.25, 0.3) is 0 Å². The molecule has 5 nitrogen and oxygen atoms in total. The Balaban J connectivity index is 2.70. The molecule has 1 atom stereocenters. The number of hydrogen-bond donors (Lipinski definition) is 2. The standard InChI is InChI=1S/C12H15ClO5/c1-2-17-12(16)8-3-4-11(10(13)5-8)18-7-9(15)6-14/h3-5,9,14-15H,2,6-7H2,1H3/t9-/m1/s1. The molecule has 0 aliphatic heterocycles. The second-order valence-corrected chi connectivity index (χ2v) is 3.92. The number of esters is 1. The number of halogens is 1. The summed E-state index contributed by atoms with van der Waals surface area (Å²) in [4.78, 5) is 11.4. The highest BCUT2D eigenvalue weighted by Gasteiger charge is 2.11. The highest BCUT2D eigenvalue weighted by atomic mass is 35.5. The average molecular weight is 275 g/mol. The zero-order valence-electron chi connectivity index (χ0n) is 9.93. The van der Waals surface area contributed by atoms with Crippen LogP contribution < -0.4 is 4.74 Å². The predicted octanol–water partition coefficient (Wildman–Crippen LogP) is 1.25. The normalized spacial score (nSPS) is 12.0. The Bertz CT molecular complexity index is 407. The van der Waals surface area contributed by atoms with E-state index in [1.165, 1.54) is 18.2 Å². The molecule has 18 heavy (non-hydrogen) atoms. The van der Waals surface area contributed by atoms with E-state index in [0.29, 0.717) is 11.3 Å². The number of carbonyl (C=O) groups excluding carboxylic acids is 1. The van der Waals surface area contributed by atoms with Crippen LogP contribution in [0.15, 0.2) is 18.2 Å². The second-order valence-electron chi connectivity index (χ2n) is 3.51. The van der Waals surface area contributed by atoms with Gasteiger partial charge in [0.25, 0.3) is 0 Å². The van der Waals surface area contributed by atoms with Crippen molar-refractivity contribution in [3.8, 4) is 5.75 Å². The van der Waals surface area contributed by atoms with E-state index >= 15 is 0 Å². The van der Waals surface area contributed by atoms with Gasteiger partial charge in [0.2, 0.25) is 0 Å². The summed E-state index contributed by atoms with van der Waals surface area (Å²) >= 11 is 5.92. The summed E-state index contributed by atoms with van der Waals surface area (Å²) in [7, 11) is 0. The van der Waals surface area contributed by atoms with E-state index in [-0.39, 0.29) is 18.2 Å². The van der Waals surface area contributed by atoms with Gasteiger partial charge in [-0.25, -0.2) is 4.79 Å². The molecule has 0 aromatic heterocycles. The fourth-order valence-electron chi connectivity index (χ4n) is 1.20. The molecule has 0 saturated heterocycles. The molecule has 0 radical (unpaired) electrons. The van der Waals surface area contributed by atoms with Crippen LogP contribution in [0.2, 0.25) is 5.02 Å². The van der Waals surface area contributed by atoms with Crippen molar-refractivity contribution in [2.24, 2.45) is 0 Å². The minimum atomic E-state index is -0.967. The lowest BCUT2D eigenvalue weighted by molar-refractivity contribution is 0.0522. The average Bonchev–Trinajstić information content (AvgIpc) is 2.37. The molecule has 100 valence electrons. The van der Waals surface area contributed by atoms with Crippen molar-refractivity contribution in [1.29, 1.82) is 0 Å². The molecule has 0 aliphatic carbocycles. The molecular formula is C12H15ClO5. The van der Waals surface area contributed by atoms with E-state index < -0.39 is 18.7 Å². The van der Waals surface area contributed by atoms with Gasteiger partial charge in [-0.2, -0.15) is 0 Å². The number of aliphatic hydroxyl groups is 2. The van der Waals surface area contributed by atoms with Crippen LogP contribution >= 0.6 is 11.6 Å². The Morgan fingerprint density at radius 2 is 2.22 bits per heavy atom. The van der Waals surface area contributed by atoms with E-state index in [4.69, 9.17) is 31.3 Å². The second kappa shape index (κ2) is 7.20. The fraction of sp³-hybridized carbons (Fsp3) is 0.417. The van der Waals surface area contributed by atoms with E-state index in [9.17, 15) is 4.79 Å². The van der Waals surface area contributed by atoms with Crippen molar-refractivity contribution in [3.05, 3.63) is 28.8 Å². The summed E-state index contributed by atoms with van der Waals surface area (Å²) in [6.45, 7) is 1.54. The van der Waals surface area contributed by atoms with Gasteiger partial charge in [-0.3, -0.25) is 0 Å². The smallest absolute Gasteiger partial charge is 0.338 e. The van der Waals surface area contributed by atoms with Gasteiger partial charge in [-0.05, 0) is 25.1 Å². The van der Waals surface area contributed by atoms with E-state index in [0.717, 1.165) is 0 Å². The molecule has 1 aromatic rings. The molecule has 0 fully saturated rings. The first-order valence-electron chi connectivity index (χ1n) is 5.46. The highest BCUT2D eigenvalue weighted by Crippen LogP contribution is 2.25. The van der Waals surface area contributed by atoms with E-state index in [1.807, 2.05) is 0 Å². The molecule has 0 amide bonds. The monoisotopic (exact) mass is 274 g/mol. The number of benzene rings is 1. The SMILES string of the molecule is CCOC(=O)c1ccc(OC[C@H](O)CO)c(Cl)c1. The largest absolute Gasteiger partial charge is 0.489 e. The summed E-state index contributed by atoms with van der Waals surface area (Å²) in [6.07, 6.45) is -0.967. The Labute approximate surface area is 110 Å². The maximum absolute atomic E-state index is 11.4. The van der Waals surface area contributed by atoms with E-state index in [1.54, 1.807) is 6.92 Å². The van der Waals surface area contributed by atoms with Crippen molar-refractivity contribution >= 4 is 17.6 Å².